The molecule has 0 unspecified atom stereocenters. The van der Waals surface area contributed by atoms with Crippen molar-refractivity contribution in [1.29, 1.82) is 0 Å². The quantitative estimate of drug-likeness (QED) is 0.865. The third-order valence-electron chi connectivity index (χ3n) is 3.02. The molecule has 1 aliphatic rings. The minimum Gasteiger partial charge on any atom is -0.355 e. The van der Waals surface area contributed by atoms with Gasteiger partial charge in [-0.05, 0) is 32.3 Å². The van der Waals surface area contributed by atoms with Gasteiger partial charge in [0, 0.05) is 17.8 Å². The molecule has 0 saturated heterocycles. The Morgan fingerprint density at radius 2 is 1.94 bits per heavy atom. The molecule has 0 aromatic carbocycles. The zero-order valence-corrected chi connectivity index (χ0v) is 11.0. The lowest BCUT2D eigenvalue weighted by Gasteiger charge is -2.05. The monoisotopic (exact) mass is 252 g/mol. The summed E-state index contributed by atoms with van der Waals surface area (Å²) in [5, 5.41) is 6.16. The number of hydrogen-bond acceptors (Lipinski definition) is 3. The highest BCUT2D eigenvalue weighted by Gasteiger charge is 2.31. The molecule has 1 saturated carbocycles. The summed E-state index contributed by atoms with van der Waals surface area (Å²) in [5.74, 6) is 0.0459. The van der Waals surface area contributed by atoms with Gasteiger partial charge in [-0.3, -0.25) is 9.59 Å². The molecule has 0 atom stereocenters. The molecule has 1 aromatic heterocycles. The van der Waals surface area contributed by atoms with E-state index in [1.54, 1.807) is 7.05 Å². The van der Waals surface area contributed by atoms with Crippen molar-refractivity contribution in [2.75, 3.05) is 12.4 Å². The van der Waals surface area contributed by atoms with Gasteiger partial charge in [0.15, 0.2) is 0 Å². The highest BCUT2D eigenvalue weighted by Crippen LogP contribution is 2.35. The van der Waals surface area contributed by atoms with Gasteiger partial charge in [-0.2, -0.15) is 0 Å². The van der Waals surface area contributed by atoms with Gasteiger partial charge >= 0.3 is 0 Å². The maximum absolute atomic E-state index is 11.8. The van der Waals surface area contributed by atoms with Crippen LogP contribution in [0.4, 0.5) is 5.00 Å². The van der Waals surface area contributed by atoms with Crippen LogP contribution >= 0.6 is 11.3 Å². The molecule has 1 aromatic rings. The summed E-state index contributed by atoms with van der Waals surface area (Å²) in [5.41, 5.74) is 1.55. The number of carbonyl (C=O) groups is 2. The molecule has 1 heterocycles. The van der Waals surface area contributed by atoms with Crippen LogP contribution in [0.5, 0.6) is 0 Å². The molecule has 4 nitrogen and oxygen atoms in total. The normalized spacial score (nSPS) is 14.5. The second kappa shape index (κ2) is 4.49. The number of aryl methyl sites for hydroxylation is 1. The second-order valence-corrected chi connectivity index (χ2v) is 5.55. The van der Waals surface area contributed by atoms with Gasteiger partial charge in [0.1, 0.15) is 5.00 Å². The van der Waals surface area contributed by atoms with Crippen molar-refractivity contribution in [3.63, 3.8) is 0 Å². The van der Waals surface area contributed by atoms with E-state index in [2.05, 4.69) is 10.6 Å². The first-order valence-corrected chi connectivity index (χ1v) is 6.49. The van der Waals surface area contributed by atoms with E-state index in [0.717, 1.165) is 23.3 Å². The van der Waals surface area contributed by atoms with Gasteiger partial charge in [-0.1, -0.05) is 0 Å². The summed E-state index contributed by atoms with van der Waals surface area (Å²) in [6.07, 6.45) is 1.93. The molecule has 0 bridgehead atoms. The fraction of sp³-hybridized carbons (Fsp3) is 0.500. The zero-order valence-electron chi connectivity index (χ0n) is 10.2. The van der Waals surface area contributed by atoms with Gasteiger partial charge in [0.25, 0.3) is 5.91 Å². The first-order valence-electron chi connectivity index (χ1n) is 5.67. The fourth-order valence-electron chi connectivity index (χ4n) is 1.67. The maximum Gasteiger partial charge on any atom is 0.254 e. The van der Waals surface area contributed by atoms with Gasteiger partial charge in [-0.25, -0.2) is 0 Å². The first kappa shape index (κ1) is 12.1. The van der Waals surface area contributed by atoms with Crippen molar-refractivity contribution in [2.24, 2.45) is 5.92 Å². The molecule has 1 aliphatic carbocycles. The van der Waals surface area contributed by atoms with Crippen LogP contribution in [-0.4, -0.2) is 18.9 Å². The zero-order chi connectivity index (χ0) is 12.6. The van der Waals surface area contributed by atoms with Crippen molar-refractivity contribution in [3.05, 3.63) is 16.0 Å². The van der Waals surface area contributed by atoms with Crippen molar-refractivity contribution in [1.82, 2.24) is 5.32 Å². The molecule has 0 spiro atoms. The molecule has 17 heavy (non-hydrogen) atoms. The summed E-state index contributed by atoms with van der Waals surface area (Å²) in [6, 6.07) is 0. The Morgan fingerprint density at radius 1 is 1.29 bits per heavy atom. The van der Waals surface area contributed by atoms with Crippen molar-refractivity contribution < 1.29 is 9.59 Å². The number of carbonyl (C=O) groups excluding carboxylic acids is 2. The second-order valence-electron chi connectivity index (χ2n) is 4.33. The molecule has 2 rings (SSSR count). The lowest BCUT2D eigenvalue weighted by atomic mass is 10.1. The van der Waals surface area contributed by atoms with E-state index in [4.69, 9.17) is 0 Å². The Labute approximate surface area is 104 Å². The van der Waals surface area contributed by atoms with E-state index in [1.807, 2.05) is 13.8 Å². The summed E-state index contributed by atoms with van der Waals surface area (Å²) < 4.78 is 0. The Hall–Kier alpha value is -1.36. The van der Waals surface area contributed by atoms with Crippen molar-refractivity contribution >= 4 is 28.2 Å². The minimum atomic E-state index is -0.141. The minimum absolute atomic E-state index is 0.0383. The largest absolute Gasteiger partial charge is 0.355 e. The SMILES string of the molecule is CNC(=O)c1c(NC(=O)C2CC2)sc(C)c1C. The third kappa shape index (κ3) is 2.34. The van der Waals surface area contributed by atoms with Crippen molar-refractivity contribution in [2.45, 2.75) is 26.7 Å². The maximum atomic E-state index is 11.8. The fourth-order valence-corrected chi connectivity index (χ4v) is 2.73. The van der Waals surface area contributed by atoms with Gasteiger partial charge in [0.2, 0.25) is 5.91 Å². The number of anilines is 1. The van der Waals surface area contributed by atoms with Crippen LogP contribution in [0, 0.1) is 19.8 Å². The Morgan fingerprint density at radius 3 is 2.47 bits per heavy atom. The van der Waals surface area contributed by atoms with Crippen LogP contribution in [0.25, 0.3) is 0 Å². The standard InChI is InChI=1S/C12H16N2O2S/c1-6-7(2)17-12(9(6)11(16)13-3)14-10(15)8-4-5-8/h8H,4-5H2,1-3H3,(H,13,16)(H,14,15). The highest BCUT2D eigenvalue weighted by atomic mass is 32.1. The van der Waals surface area contributed by atoms with Crippen molar-refractivity contribution in [3.8, 4) is 0 Å². The molecule has 0 radical (unpaired) electrons. The van der Waals surface area contributed by atoms with E-state index < -0.39 is 0 Å². The summed E-state index contributed by atoms with van der Waals surface area (Å²) in [6.45, 7) is 3.86. The molecular weight excluding hydrogens is 236 g/mol. The lowest BCUT2D eigenvalue weighted by Crippen LogP contribution is -2.21. The van der Waals surface area contributed by atoms with Gasteiger partial charge < -0.3 is 10.6 Å². The molecule has 92 valence electrons. The number of nitrogens with one attached hydrogen (secondary N) is 2. The number of thiophene rings is 1. The molecule has 2 amide bonds. The number of amides is 2. The van der Waals surface area contributed by atoms with E-state index in [1.165, 1.54) is 11.3 Å². The van der Waals surface area contributed by atoms with Gasteiger partial charge in [-0.15, -0.1) is 11.3 Å². The van der Waals surface area contributed by atoms with Crippen LogP contribution in [0.3, 0.4) is 0 Å². The lowest BCUT2D eigenvalue weighted by molar-refractivity contribution is -0.117. The highest BCUT2D eigenvalue weighted by molar-refractivity contribution is 7.16. The summed E-state index contributed by atoms with van der Waals surface area (Å²) in [4.78, 5) is 24.6. The predicted octanol–water partition coefficient (Wildman–Crippen LogP) is 2.07. The Kier molecular flexibility index (Phi) is 3.19. The molecule has 0 aliphatic heterocycles. The Balaban J connectivity index is 2.28. The Bertz CT molecular complexity index is 475. The summed E-state index contributed by atoms with van der Waals surface area (Å²) in [7, 11) is 1.60. The van der Waals surface area contributed by atoms with E-state index in [0.29, 0.717) is 10.6 Å². The van der Waals surface area contributed by atoms with Crippen LogP contribution in [0.1, 0.15) is 33.6 Å². The average Bonchev–Trinajstić information content (AvgIpc) is 3.08. The van der Waals surface area contributed by atoms with Crippen LogP contribution in [0.2, 0.25) is 0 Å². The van der Waals surface area contributed by atoms with E-state index in [9.17, 15) is 9.59 Å². The average molecular weight is 252 g/mol. The topological polar surface area (TPSA) is 58.2 Å². The van der Waals surface area contributed by atoms with Crippen LogP contribution < -0.4 is 10.6 Å². The molecule has 2 N–H and O–H groups in total. The number of rotatable bonds is 3. The van der Waals surface area contributed by atoms with Gasteiger partial charge in [0.05, 0.1) is 5.56 Å². The first-order chi connectivity index (χ1) is 8.04. The molecule has 1 fully saturated rings. The molecular formula is C12H16N2O2S. The number of hydrogen-bond donors (Lipinski definition) is 2. The summed E-state index contributed by atoms with van der Waals surface area (Å²) >= 11 is 1.47. The smallest absolute Gasteiger partial charge is 0.254 e. The van der Waals surface area contributed by atoms with Crippen LogP contribution in [-0.2, 0) is 4.79 Å². The van der Waals surface area contributed by atoms with E-state index in [-0.39, 0.29) is 17.7 Å². The third-order valence-corrected chi connectivity index (χ3v) is 4.15. The predicted molar refractivity (Wildman–Crippen MR) is 68.5 cm³/mol. The van der Waals surface area contributed by atoms with Crippen LogP contribution in [0.15, 0.2) is 0 Å². The molecule has 5 heteroatoms. The van der Waals surface area contributed by atoms with E-state index >= 15 is 0 Å².